The average molecular weight is 952 g/mol. The number of Topliss-reactive ketones (excluding diaryl/α,β-unsaturated/α-hetero) is 1. The van der Waals surface area contributed by atoms with Crippen LogP contribution in [0.1, 0.15) is 71.4 Å². The number of amides is 4. The van der Waals surface area contributed by atoms with Crippen molar-refractivity contribution in [2.45, 2.75) is 103 Å². The van der Waals surface area contributed by atoms with Gasteiger partial charge in [-0.15, -0.1) is 0 Å². The minimum atomic E-state index is -3.79. The van der Waals surface area contributed by atoms with E-state index in [-0.39, 0.29) is 50.0 Å². The van der Waals surface area contributed by atoms with Crippen LogP contribution < -0.4 is 31.9 Å². The zero-order valence-corrected chi connectivity index (χ0v) is 41.0. The molecular formula is C53H70N5O9P. The van der Waals surface area contributed by atoms with Gasteiger partial charge in [0.25, 0.3) is 7.37 Å². The van der Waals surface area contributed by atoms with Crippen molar-refractivity contribution in [2.75, 3.05) is 39.5 Å². The number of ether oxygens (including phenoxy) is 1. The molecule has 1 unspecified atom stereocenters. The number of ketones is 1. The van der Waals surface area contributed by atoms with Gasteiger partial charge in [0.1, 0.15) is 23.7 Å². The summed E-state index contributed by atoms with van der Waals surface area (Å²) in [5.41, 5.74) is -0.492. The van der Waals surface area contributed by atoms with E-state index in [4.69, 9.17) is 9.26 Å². The summed E-state index contributed by atoms with van der Waals surface area (Å²) < 4.78 is 26.1. The fourth-order valence-corrected chi connectivity index (χ4v) is 10.1. The molecule has 4 amide bonds. The first kappa shape index (κ1) is 53.5. The van der Waals surface area contributed by atoms with E-state index in [1.807, 2.05) is 93.3 Å². The molecule has 0 radical (unpaired) electrons. The van der Waals surface area contributed by atoms with Gasteiger partial charge in [-0.25, -0.2) is 0 Å². The van der Waals surface area contributed by atoms with E-state index in [2.05, 4.69) is 21.3 Å². The molecular weight excluding hydrogens is 882 g/mol. The lowest BCUT2D eigenvalue weighted by atomic mass is 9.90. The number of benzene rings is 4. The standard InChI is InChI=1S/C53H70N5O9P/c1-38(2)26-28-45(55-50(61)44(29-27-40-18-10-6-11-19-40)54-48(59)36-58-30-32-66-33-31-58)51(62)57-47(35-41-20-12-7-13-21-41)52(63)56-46(34-39(3)4)49(60)53(5,64)37-67-68(65,42-22-14-8-15-23-42)43-24-16-9-17-25-43/h6-25,38-39,44-47,64H,26-37H2,1-5H3,(H,54,59)(H,55,61)(H,56,63)(H,57,62)/t44-,45-,46?,47-,53+/m0/s1. The number of carbonyl (C=O) groups is 5. The summed E-state index contributed by atoms with van der Waals surface area (Å²) in [5, 5.41) is 24.2. The van der Waals surface area contributed by atoms with Gasteiger partial charge < -0.3 is 35.6 Å². The summed E-state index contributed by atoms with van der Waals surface area (Å²) in [6.45, 7) is 10.7. The Balaban J connectivity index is 1.36. The van der Waals surface area contributed by atoms with Gasteiger partial charge in [0.05, 0.1) is 32.4 Å². The van der Waals surface area contributed by atoms with Gasteiger partial charge in [-0.1, -0.05) is 125 Å². The number of nitrogens with one attached hydrogen (secondary N) is 4. The molecule has 0 aromatic heterocycles. The number of hydrogen-bond donors (Lipinski definition) is 5. The van der Waals surface area contributed by atoms with Crippen molar-refractivity contribution in [1.29, 1.82) is 0 Å². The van der Waals surface area contributed by atoms with Crippen LogP contribution in [0, 0.1) is 11.8 Å². The van der Waals surface area contributed by atoms with Gasteiger partial charge in [-0.05, 0) is 86.3 Å². The highest BCUT2D eigenvalue weighted by molar-refractivity contribution is 7.74. The highest BCUT2D eigenvalue weighted by atomic mass is 31.2. The summed E-state index contributed by atoms with van der Waals surface area (Å²) in [4.78, 5) is 73.0. The highest BCUT2D eigenvalue weighted by Crippen LogP contribution is 2.45. The molecule has 68 heavy (non-hydrogen) atoms. The molecule has 14 nitrogen and oxygen atoms in total. The van der Waals surface area contributed by atoms with E-state index < -0.39 is 67.2 Å². The van der Waals surface area contributed by atoms with E-state index in [1.54, 1.807) is 60.7 Å². The molecule has 5 N–H and O–H groups in total. The number of hydrogen-bond acceptors (Lipinski definition) is 10. The lowest BCUT2D eigenvalue weighted by molar-refractivity contribution is -0.143. The molecule has 1 fully saturated rings. The molecule has 4 aromatic rings. The summed E-state index contributed by atoms with van der Waals surface area (Å²) in [6, 6.07) is 31.4. The van der Waals surface area contributed by atoms with Crippen LogP contribution in [0.3, 0.4) is 0 Å². The van der Waals surface area contributed by atoms with Crippen LogP contribution in [-0.4, -0.2) is 109 Å². The Morgan fingerprint density at radius 3 is 1.63 bits per heavy atom. The molecule has 0 spiro atoms. The van der Waals surface area contributed by atoms with Gasteiger partial charge in [0.2, 0.25) is 23.6 Å². The minimum Gasteiger partial charge on any atom is -0.380 e. The van der Waals surface area contributed by atoms with E-state index in [0.29, 0.717) is 49.8 Å². The molecule has 0 aliphatic carbocycles. The Hall–Kier alpha value is -5.50. The molecule has 0 bridgehead atoms. The fraction of sp³-hybridized carbons (Fsp3) is 0.453. The third kappa shape index (κ3) is 16.6. The number of aliphatic hydroxyl groups is 1. The molecule has 1 aliphatic heterocycles. The number of aryl methyl sites for hydroxylation is 1. The second-order valence-corrected chi connectivity index (χ2v) is 21.0. The van der Waals surface area contributed by atoms with Crippen molar-refractivity contribution in [1.82, 2.24) is 26.2 Å². The van der Waals surface area contributed by atoms with Crippen LogP contribution in [0.2, 0.25) is 0 Å². The minimum absolute atomic E-state index is 0.0417. The normalized spacial score (nSPS) is 15.9. The van der Waals surface area contributed by atoms with E-state index in [9.17, 15) is 33.6 Å². The van der Waals surface area contributed by atoms with E-state index >= 15 is 0 Å². The average Bonchev–Trinajstić information content (AvgIpc) is 3.33. The lowest BCUT2D eigenvalue weighted by Gasteiger charge is -2.31. The van der Waals surface area contributed by atoms with Gasteiger partial charge in [0, 0.05) is 30.1 Å². The van der Waals surface area contributed by atoms with Crippen LogP contribution in [0.25, 0.3) is 0 Å². The van der Waals surface area contributed by atoms with Crippen LogP contribution in [0.15, 0.2) is 121 Å². The SMILES string of the molecule is CC(C)CC[C@H](NC(=O)[C@H](CCc1ccccc1)NC(=O)CN1CCOCC1)C(=O)N[C@@H](Cc1ccccc1)C(=O)NC(CC(C)C)C(=O)[C@](C)(O)COP(=O)(c1ccccc1)c1ccccc1. The van der Waals surface area contributed by atoms with Crippen molar-refractivity contribution >= 4 is 47.4 Å². The molecule has 366 valence electrons. The van der Waals surface area contributed by atoms with E-state index in [0.717, 1.165) is 11.1 Å². The van der Waals surface area contributed by atoms with Gasteiger partial charge in [-0.2, -0.15) is 0 Å². The molecule has 15 heteroatoms. The summed E-state index contributed by atoms with van der Waals surface area (Å²) in [5.74, 6) is -2.84. The van der Waals surface area contributed by atoms with Crippen molar-refractivity contribution in [2.24, 2.45) is 11.8 Å². The van der Waals surface area contributed by atoms with Crippen molar-refractivity contribution in [3.63, 3.8) is 0 Å². The number of carbonyl (C=O) groups excluding carboxylic acids is 5. The predicted molar refractivity (Wildman–Crippen MR) is 265 cm³/mol. The van der Waals surface area contributed by atoms with Crippen LogP contribution >= 0.6 is 7.37 Å². The highest BCUT2D eigenvalue weighted by Gasteiger charge is 2.41. The van der Waals surface area contributed by atoms with Gasteiger partial charge in [-0.3, -0.25) is 33.4 Å². The first-order valence-electron chi connectivity index (χ1n) is 23.7. The molecule has 1 aliphatic rings. The van der Waals surface area contributed by atoms with Crippen LogP contribution in [0.5, 0.6) is 0 Å². The fourth-order valence-electron chi connectivity index (χ4n) is 7.98. The summed E-state index contributed by atoms with van der Waals surface area (Å²) in [6.07, 6.45) is 1.76. The lowest BCUT2D eigenvalue weighted by Crippen LogP contribution is -2.60. The Labute approximate surface area is 401 Å². The molecule has 0 saturated carbocycles. The monoisotopic (exact) mass is 951 g/mol. The zero-order chi connectivity index (χ0) is 49.1. The Kier molecular flexibility index (Phi) is 20.7. The number of morpholine rings is 1. The third-order valence-corrected chi connectivity index (χ3v) is 14.3. The quantitative estimate of drug-likeness (QED) is 0.0543. The Bertz CT molecular complexity index is 2220. The van der Waals surface area contributed by atoms with Gasteiger partial charge in [0.15, 0.2) is 5.78 Å². The van der Waals surface area contributed by atoms with Crippen molar-refractivity contribution in [3.05, 3.63) is 132 Å². The maximum absolute atomic E-state index is 14.6. The molecule has 5 atom stereocenters. The largest absolute Gasteiger partial charge is 0.380 e. The number of rotatable bonds is 26. The molecule has 4 aromatic carbocycles. The summed E-state index contributed by atoms with van der Waals surface area (Å²) >= 11 is 0. The number of nitrogens with zero attached hydrogens (tertiary/aromatic N) is 1. The smallest absolute Gasteiger partial charge is 0.261 e. The maximum Gasteiger partial charge on any atom is 0.261 e. The Morgan fingerprint density at radius 2 is 1.10 bits per heavy atom. The van der Waals surface area contributed by atoms with Gasteiger partial charge >= 0.3 is 0 Å². The Morgan fingerprint density at radius 1 is 0.632 bits per heavy atom. The topological polar surface area (TPSA) is 192 Å². The summed E-state index contributed by atoms with van der Waals surface area (Å²) in [7, 11) is -3.79. The van der Waals surface area contributed by atoms with Crippen LogP contribution in [-0.2, 0) is 50.6 Å². The predicted octanol–water partition coefficient (Wildman–Crippen LogP) is 4.88. The zero-order valence-electron chi connectivity index (χ0n) is 40.1. The van der Waals surface area contributed by atoms with Crippen molar-refractivity contribution < 1.29 is 42.9 Å². The van der Waals surface area contributed by atoms with Crippen LogP contribution in [0.4, 0.5) is 0 Å². The van der Waals surface area contributed by atoms with E-state index in [1.165, 1.54) is 6.92 Å². The molecule has 1 saturated heterocycles. The third-order valence-electron chi connectivity index (χ3n) is 11.9. The maximum atomic E-state index is 14.6. The first-order chi connectivity index (χ1) is 32.5. The van der Waals surface area contributed by atoms with Crippen molar-refractivity contribution in [3.8, 4) is 0 Å². The molecule has 5 rings (SSSR count). The second-order valence-electron chi connectivity index (χ2n) is 18.6. The second kappa shape index (κ2) is 26.3. The first-order valence-corrected chi connectivity index (χ1v) is 25.4. The molecule has 1 heterocycles.